The van der Waals surface area contributed by atoms with E-state index in [1.54, 1.807) is 0 Å². The van der Waals surface area contributed by atoms with Crippen molar-refractivity contribution in [3.05, 3.63) is 35.9 Å². The minimum atomic E-state index is -0.848. The van der Waals surface area contributed by atoms with Gasteiger partial charge in [0.25, 0.3) is 0 Å². The molecule has 1 aromatic carbocycles. The molecule has 7 nitrogen and oxygen atoms in total. The molecule has 0 fully saturated rings. The molecule has 0 saturated carbocycles. The first-order chi connectivity index (χ1) is 12.8. The van der Waals surface area contributed by atoms with Gasteiger partial charge in [-0.2, -0.15) is 11.8 Å². The predicted octanol–water partition coefficient (Wildman–Crippen LogP) is 0.420. The van der Waals surface area contributed by atoms with Gasteiger partial charge in [-0.1, -0.05) is 50.6 Å². The molecule has 0 aliphatic heterocycles. The van der Waals surface area contributed by atoms with Crippen LogP contribution in [0.2, 0.25) is 0 Å². The molecule has 0 unspecified atom stereocenters. The summed E-state index contributed by atoms with van der Waals surface area (Å²) in [6, 6.07) is 6.97. The first kappa shape index (κ1) is 23.0. The monoisotopic (exact) mass is 394 g/mol. The van der Waals surface area contributed by atoms with Crippen LogP contribution in [0.15, 0.2) is 30.3 Å². The molecule has 0 heterocycles. The van der Waals surface area contributed by atoms with E-state index in [0.29, 0.717) is 12.2 Å². The van der Waals surface area contributed by atoms with Crippen LogP contribution in [0.1, 0.15) is 25.8 Å². The van der Waals surface area contributed by atoms with Crippen molar-refractivity contribution in [2.45, 2.75) is 44.8 Å². The summed E-state index contributed by atoms with van der Waals surface area (Å²) in [5.41, 5.74) is 12.2. The summed E-state index contributed by atoms with van der Waals surface area (Å²) in [6.07, 6.45) is 2.82. The highest BCUT2D eigenvalue weighted by molar-refractivity contribution is 7.98. The summed E-state index contributed by atoms with van der Waals surface area (Å²) in [6.45, 7) is 3.76. The number of thioether (sulfide) groups is 1. The van der Waals surface area contributed by atoms with E-state index in [-0.39, 0.29) is 12.3 Å². The third kappa shape index (κ3) is 7.60. The smallest absolute Gasteiger partial charge is 0.243 e. The second-order valence-corrected chi connectivity index (χ2v) is 7.50. The molecule has 0 aliphatic rings. The van der Waals surface area contributed by atoms with Crippen LogP contribution in [0.25, 0.3) is 0 Å². The number of rotatable bonds is 11. The lowest BCUT2D eigenvalue weighted by Crippen LogP contribution is -2.57. The van der Waals surface area contributed by atoms with E-state index in [2.05, 4.69) is 10.6 Å². The average Bonchev–Trinajstić information content (AvgIpc) is 2.65. The zero-order chi connectivity index (χ0) is 20.4. The molecule has 0 saturated heterocycles. The lowest BCUT2D eigenvalue weighted by atomic mass is 9.97. The highest BCUT2D eigenvalue weighted by atomic mass is 32.2. The molecule has 3 amide bonds. The fourth-order valence-electron chi connectivity index (χ4n) is 2.58. The molecule has 0 bridgehead atoms. The summed E-state index contributed by atoms with van der Waals surface area (Å²) >= 11 is 1.45. The van der Waals surface area contributed by atoms with Crippen LogP contribution in [-0.2, 0) is 20.8 Å². The van der Waals surface area contributed by atoms with Gasteiger partial charge in [-0.3, -0.25) is 14.4 Å². The normalized spacial score (nSPS) is 15.3. The van der Waals surface area contributed by atoms with E-state index in [4.69, 9.17) is 11.5 Å². The van der Waals surface area contributed by atoms with Crippen LogP contribution in [0.3, 0.4) is 0 Å². The first-order valence-corrected chi connectivity index (χ1v) is 10.4. The highest BCUT2D eigenvalue weighted by Crippen LogP contribution is 2.09. The van der Waals surface area contributed by atoms with Crippen LogP contribution in [0.5, 0.6) is 0 Å². The maximum Gasteiger partial charge on any atom is 0.243 e. The van der Waals surface area contributed by atoms with Gasteiger partial charge in [0.15, 0.2) is 0 Å². The number of benzene rings is 1. The van der Waals surface area contributed by atoms with Crippen molar-refractivity contribution < 1.29 is 14.4 Å². The number of nitrogens with two attached hydrogens (primary N) is 2. The second kappa shape index (κ2) is 11.6. The van der Waals surface area contributed by atoms with Gasteiger partial charge in [0.1, 0.15) is 12.1 Å². The number of hydrogen-bond acceptors (Lipinski definition) is 5. The SMILES string of the molecule is CC[C@H](C)[C@H](NC(=O)[C@@H](Cc1ccccc1)NC(=O)[C@H](N)CSC)C(N)=O. The van der Waals surface area contributed by atoms with E-state index in [9.17, 15) is 14.4 Å². The second-order valence-electron chi connectivity index (χ2n) is 6.59. The summed E-state index contributed by atoms with van der Waals surface area (Å²) in [5.74, 6) is -1.12. The number of hydrogen-bond donors (Lipinski definition) is 4. The van der Waals surface area contributed by atoms with E-state index < -0.39 is 35.8 Å². The molecule has 6 N–H and O–H groups in total. The molecule has 1 aromatic rings. The summed E-state index contributed by atoms with van der Waals surface area (Å²) in [7, 11) is 0. The quantitative estimate of drug-likeness (QED) is 0.433. The Bertz CT molecular complexity index is 627. The first-order valence-electron chi connectivity index (χ1n) is 8.98. The van der Waals surface area contributed by atoms with Gasteiger partial charge in [-0.25, -0.2) is 0 Å². The van der Waals surface area contributed by atoms with Crippen molar-refractivity contribution in [2.24, 2.45) is 17.4 Å². The molecular formula is C19H30N4O3S. The van der Waals surface area contributed by atoms with Crippen LogP contribution < -0.4 is 22.1 Å². The molecular weight excluding hydrogens is 364 g/mol. The summed E-state index contributed by atoms with van der Waals surface area (Å²) < 4.78 is 0. The van der Waals surface area contributed by atoms with Gasteiger partial charge in [0.05, 0.1) is 6.04 Å². The molecule has 8 heteroatoms. The van der Waals surface area contributed by atoms with Gasteiger partial charge >= 0.3 is 0 Å². The summed E-state index contributed by atoms with van der Waals surface area (Å²) in [5, 5.41) is 5.40. The lowest BCUT2D eigenvalue weighted by molar-refractivity contribution is -0.132. The molecule has 4 atom stereocenters. The maximum absolute atomic E-state index is 12.8. The third-order valence-electron chi connectivity index (χ3n) is 4.42. The Hall–Kier alpha value is -2.06. The molecule has 0 aliphatic carbocycles. The Balaban J connectivity index is 2.95. The van der Waals surface area contributed by atoms with Gasteiger partial charge in [-0.05, 0) is 17.7 Å². The van der Waals surface area contributed by atoms with Crippen molar-refractivity contribution in [1.29, 1.82) is 0 Å². The van der Waals surface area contributed by atoms with E-state index >= 15 is 0 Å². The molecule has 0 radical (unpaired) electrons. The fraction of sp³-hybridized carbons (Fsp3) is 0.526. The van der Waals surface area contributed by atoms with Crippen molar-refractivity contribution in [2.75, 3.05) is 12.0 Å². The topological polar surface area (TPSA) is 127 Å². The van der Waals surface area contributed by atoms with Gasteiger partial charge in [0.2, 0.25) is 17.7 Å². The average molecular weight is 395 g/mol. The Kier molecular flexibility index (Phi) is 9.88. The lowest BCUT2D eigenvalue weighted by Gasteiger charge is -2.25. The van der Waals surface area contributed by atoms with Crippen molar-refractivity contribution in [3.63, 3.8) is 0 Å². The molecule has 150 valence electrons. The number of carbonyl (C=O) groups excluding carboxylic acids is 3. The van der Waals surface area contributed by atoms with E-state index in [1.165, 1.54) is 11.8 Å². The molecule has 0 spiro atoms. The number of amides is 3. The minimum absolute atomic E-state index is 0.113. The standard InChI is InChI=1S/C19H30N4O3S/c1-4-12(2)16(17(21)24)23-19(26)15(10-13-8-6-5-7-9-13)22-18(25)14(20)11-27-3/h5-9,12,14-16H,4,10-11,20H2,1-3H3,(H2,21,24)(H,22,25)(H,23,26)/t12-,14+,15+,16-/m0/s1. The van der Waals surface area contributed by atoms with E-state index in [0.717, 1.165) is 5.56 Å². The number of primary amides is 1. The van der Waals surface area contributed by atoms with Gasteiger partial charge in [-0.15, -0.1) is 0 Å². The van der Waals surface area contributed by atoms with Gasteiger partial charge in [0, 0.05) is 12.2 Å². The zero-order valence-corrected chi connectivity index (χ0v) is 16.9. The largest absolute Gasteiger partial charge is 0.368 e. The molecule has 1 rings (SSSR count). The Morgan fingerprint density at radius 3 is 2.26 bits per heavy atom. The molecule has 0 aromatic heterocycles. The number of carbonyl (C=O) groups is 3. The highest BCUT2D eigenvalue weighted by Gasteiger charge is 2.29. The van der Waals surface area contributed by atoms with Crippen molar-refractivity contribution in [1.82, 2.24) is 10.6 Å². The number of nitrogens with one attached hydrogen (secondary N) is 2. The fourth-order valence-corrected chi connectivity index (χ4v) is 3.09. The van der Waals surface area contributed by atoms with Crippen LogP contribution in [-0.4, -0.2) is 47.9 Å². The third-order valence-corrected chi connectivity index (χ3v) is 5.11. The van der Waals surface area contributed by atoms with Crippen LogP contribution in [0, 0.1) is 5.92 Å². The summed E-state index contributed by atoms with van der Waals surface area (Å²) in [4.78, 5) is 36.9. The Labute approximate surface area is 165 Å². The maximum atomic E-state index is 12.8. The van der Waals surface area contributed by atoms with Gasteiger partial charge < -0.3 is 22.1 Å². The Morgan fingerprint density at radius 2 is 1.74 bits per heavy atom. The Morgan fingerprint density at radius 1 is 1.11 bits per heavy atom. The predicted molar refractivity (Wildman–Crippen MR) is 109 cm³/mol. The molecule has 27 heavy (non-hydrogen) atoms. The van der Waals surface area contributed by atoms with Crippen molar-refractivity contribution >= 4 is 29.5 Å². The minimum Gasteiger partial charge on any atom is -0.368 e. The van der Waals surface area contributed by atoms with E-state index in [1.807, 2.05) is 50.4 Å². The van der Waals surface area contributed by atoms with Crippen LogP contribution in [0.4, 0.5) is 0 Å². The van der Waals surface area contributed by atoms with Crippen molar-refractivity contribution in [3.8, 4) is 0 Å². The zero-order valence-electron chi connectivity index (χ0n) is 16.1. The van der Waals surface area contributed by atoms with Crippen LogP contribution >= 0.6 is 11.8 Å².